The highest BCUT2D eigenvalue weighted by atomic mass is 32.1. The summed E-state index contributed by atoms with van der Waals surface area (Å²) in [4.78, 5) is 44.8. The van der Waals surface area contributed by atoms with Gasteiger partial charge in [0.1, 0.15) is 5.56 Å². The smallest absolute Gasteiger partial charge is 0.312 e. The minimum absolute atomic E-state index is 0.0228. The molecule has 3 aromatic rings. The van der Waals surface area contributed by atoms with E-state index in [-0.39, 0.29) is 18.7 Å². The highest BCUT2D eigenvalue weighted by molar-refractivity contribution is 7.17. The highest BCUT2D eigenvalue weighted by Gasteiger charge is 2.33. The standard InChI is InChI=1S/C19H17N3O4S/c1-10-11(2)27-19-20-7-14(17(24)22(10)19)16(23)21-8-12-5-3-4-6-13(12)15(9-21)18(25)26/h3-7,15H,8-9H2,1-2H3,(H,25,26). The van der Waals surface area contributed by atoms with Crippen molar-refractivity contribution in [1.29, 1.82) is 0 Å². The van der Waals surface area contributed by atoms with Gasteiger partial charge < -0.3 is 10.0 Å². The molecule has 0 saturated carbocycles. The number of rotatable bonds is 2. The van der Waals surface area contributed by atoms with Crippen LogP contribution >= 0.6 is 11.3 Å². The molecule has 3 heterocycles. The fraction of sp³-hybridized carbons (Fsp3) is 0.263. The van der Waals surface area contributed by atoms with Gasteiger partial charge in [0, 0.05) is 29.9 Å². The summed E-state index contributed by atoms with van der Waals surface area (Å²) in [6, 6.07) is 7.19. The molecular formula is C19H17N3O4S. The molecule has 1 amide bonds. The van der Waals surface area contributed by atoms with Gasteiger partial charge >= 0.3 is 5.97 Å². The molecule has 138 valence electrons. The molecule has 0 bridgehead atoms. The van der Waals surface area contributed by atoms with Gasteiger partial charge in [0.25, 0.3) is 11.5 Å². The Morgan fingerprint density at radius 2 is 2.00 bits per heavy atom. The van der Waals surface area contributed by atoms with Gasteiger partial charge in [-0.1, -0.05) is 24.3 Å². The molecule has 1 N–H and O–H groups in total. The molecule has 1 atom stereocenters. The molecule has 1 unspecified atom stereocenters. The molecule has 4 rings (SSSR count). The molecule has 27 heavy (non-hydrogen) atoms. The molecule has 0 radical (unpaired) electrons. The first-order chi connectivity index (χ1) is 12.9. The highest BCUT2D eigenvalue weighted by Crippen LogP contribution is 2.29. The van der Waals surface area contributed by atoms with Crippen LogP contribution in [0, 0.1) is 13.8 Å². The number of carbonyl (C=O) groups is 2. The molecule has 1 aromatic carbocycles. The topological polar surface area (TPSA) is 92.0 Å². The molecule has 0 fully saturated rings. The van der Waals surface area contributed by atoms with Crippen LogP contribution in [0.1, 0.15) is 38.0 Å². The lowest BCUT2D eigenvalue weighted by molar-refractivity contribution is -0.139. The summed E-state index contributed by atoms with van der Waals surface area (Å²) < 4.78 is 1.44. The molecule has 0 aliphatic carbocycles. The number of carbonyl (C=O) groups excluding carboxylic acids is 1. The molecule has 8 heteroatoms. The third-order valence-corrected chi connectivity index (χ3v) is 6.10. The Bertz CT molecular complexity index is 1150. The average Bonchev–Trinajstić information content (AvgIpc) is 2.95. The Morgan fingerprint density at radius 1 is 1.26 bits per heavy atom. The summed E-state index contributed by atoms with van der Waals surface area (Å²) in [5, 5.41) is 9.58. The number of aromatic nitrogens is 2. The number of hydrogen-bond donors (Lipinski definition) is 1. The van der Waals surface area contributed by atoms with E-state index in [2.05, 4.69) is 4.98 Å². The Balaban J connectivity index is 1.77. The fourth-order valence-corrected chi connectivity index (χ4v) is 4.40. The van der Waals surface area contributed by atoms with Crippen LogP contribution in [-0.4, -0.2) is 37.8 Å². The predicted octanol–water partition coefficient (Wildman–Crippen LogP) is 2.20. The van der Waals surface area contributed by atoms with Gasteiger partial charge in [-0.3, -0.25) is 18.8 Å². The Hall–Kier alpha value is -3.00. The zero-order chi connectivity index (χ0) is 19.3. The molecule has 2 aromatic heterocycles. The van der Waals surface area contributed by atoms with Crippen molar-refractivity contribution in [2.45, 2.75) is 26.3 Å². The minimum Gasteiger partial charge on any atom is -0.481 e. The maximum atomic E-state index is 13.0. The van der Waals surface area contributed by atoms with Crippen molar-refractivity contribution >= 4 is 28.2 Å². The Labute approximate surface area is 158 Å². The second-order valence-corrected chi connectivity index (χ2v) is 7.80. The summed E-state index contributed by atoms with van der Waals surface area (Å²) in [7, 11) is 0. The predicted molar refractivity (Wildman–Crippen MR) is 100 cm³/mol. The van der Waals surface area contributed by atoms with Crippen molar-refractivity contribution in [3.8, 4) is 0 Å². The van der Waals surface area contributed by atoms with E-state index >= 15 is 0 Å². The number of amides is 1. The number of fused-ring (bicyclic) bond motifs is 2. The zero-order valence-corrected chi connectivity index (χ0v) is 15.6. The summed E-state index contributed by atoms with van der Waals surface area (Å²) in [5.74, 6) is -2.30. The van der Waals surface area contributed by atoms with E-state index in [1.807, 2.05) is 26.0 Å². The van der Waals surface area contributed by atoms with Gasteiger partial charge in [-0.25, -0.2) is 4.98 Å². The lowest BCUT2D eigenvalue weighted by Crippen LogP contribution is -2.42. The van der Waals surface area contributed by atoms with E-state index < -0.39 is 23.4 Å². The van der Waals surface area contributed by atoms with Crippen LogP contribution in [0.4, 0.5) is 0 Å². The average molecular weight is 383 g/mol. The van der Waals surface area contributed by atoms with E-state index in [9.17, 15) is 19.5 Å². The maximum Gasteiger partial charge on any atom is 0.312 e. The number of benzene rings is 1. The lowest BCUT2D eigenvalue weighted by Gasteiger charge is -2.32. The molecule has 7 nitrogen and oxygen atoms in total. The van der Waals surface area contributed by atoms with Crippen LogP contribution in [0.5, 0.6) is 0 Å². The number of aryl methyl sites for hydroxylation is 2. The summed E-state index contributed by atoms with van der Waals surface area (Å²) in [6.45, 7) is 4.00. The first kappa shape index (κ1) is 17.4. The van der Waals surface area contributed by atoms with Gasteiger partial charge in [-0.05, 0) is 25.0 Å². The first-order valence-corrected chi connectivity index (χ1v) is 9.27. The maximum absolute atomic E-state index is 13.0. The van der Waals surface area contributed by atoms with Crippen molar-refractivity contribution < 1.29 is 14.7 Å². The van der Waals surface area contributed by atoms with Gasteiger partial charge in [0.05, 0.1) is 5.92 Å². The second-order valence-electron chi connectivity index (χ2n) is 6.61. The Kier molecular flexibility index (Phi) is 4.07. The van der Waals surface area contributed by atoms with E-state index in [1.54, 1.807) is 12.1 Å². The number of thiazole rings is 1. The largest absolute Gasteiger partial charge is 0.481 e. The second kappa shape index (κ2) is 6.31. The van der Waals surface area contributed by atoms with Crippen LogP contribution in [0.3, 0.4) is 0 Å². The third-order valence-electron chi connectivity index (χ3n) is 5.03. The third kappa shape index (κ3) is 2.73. The molecule has 1 aliphatic heterocycles. The van der Waals surface area contributed by atoms with Gasteiger partial charge in [-0.2, -0.15) is 0 Å². The molecule has 0 saturated heterocycles. The van der Waals surface area contributed by atoms with Crippen LogP contribution in [0.15, 0.2) is 35.3 Å². The lowest BCUT2D eigenvalue weighted by atomic mass is 9.89. The van der Waals surface area contributed by atoms with Crippen LogP contribution in [0.25, 0.3) is 4.96 Å². The number of carboxylic acids is 1. The minimum atomic E-state index is -0.991. The van der Waals surface area contributed by atoms with Gasteiger partial charge in [-0.15, -0.1) is 11.3 Å². The van der Waals surface area contributed by atoms with Crippen LogP contribution in [-0.2, 0) is 11.3 Å². The first-order valence-electron chi connectivity index (χ1n) is 8.46. The summed E-state index contributed by atoms with van der Waals surface area (Å²) >= 11 is 1.39. The van der Waals surface area contributed by atoms with E-state index in [1.165, 1.54) is 26.8 Å². The number of carboxylic acid groups (broad SMARTS) is 1. The molecule has 1 aliphatic rings. The normalized spacial score (nSPS) is 16.4. The van der Waals surface area contributed by atoms with E-state index in [0.717, 1.165) is 16.1 Å². The molecule has 0 spiro atoms. The van der Waals surface area contributed by atoms with Crippen molar-refractivity contribution in [1.82, 2.24) is 14.3 Å². The van der Waals surface area contributed by atoms with Gasteiger partial charge in [0.15, 0.2) is 4.96 Å². The number of aliphatic carboxylic acids is 1. The van der Waals surface area contributed by atoms with Crippen molar-refractivity contribution in [3.63, 3.8) is 0 Å². The fourth-order valence-electron chi connectivity index (χ4n) is 3.47. The van der Waals surface area contributed by atoms with Crippen LogP contribution in [0.2, 0.25) is 0 Å². The number of hydrogen-bond acceptors (Lipinski definition) is 5. The van der Waals surface area contributed by atoms with Crippen LogP contribution < -0.4 is 5.56 Å². The SMILES string of the molecule is Cc1sc2ncc(C(=O)N3Cc4ccccc4C(C(=O)O)C3)c(=O)n2c1C. The zero-order valence-electron chi connectivity index (χ0n) is 14.8. The van der Waals surface area contributed by atoms with Gasteiger partial charge in [0.2, 0.25) is 0 Å². The number of nitrogens with zero attached hydrogens (tertiary/aromatic N) is 3. The summed E-state index contributed by atoms with van der Waals surface area (Å²) in [5.41, 5.74) is 1.79. The molecular weight excluding hydrogens is 366 g/mol. The van der Waals surface area contributed by atoms with Crippen molar-refractivity contribution in [2.75, 3.05) is 6.54 Å². The summed E-state index contributed by atoms with van der Waals surface area (Å²) in [6.07, 6.45) is 1.30. The van der Waals surface area contributed by atoms with E-state index in [4.69, 9.17) is 0 Å². The van der Waals surface area contributed by atoms with E-state index in [0.29, 0.717) is 10.5 Å². The van der Waals surface area contributed by atoms with Crippen molar-refractivity contribution in [2.24, 2.45) is 0 Å². The Morgan fingerprint density at radius 3 is 2.74 bits per heavy atom. The quantitative estimate of drug-likeness (QED) is 0.732. The van der Waals surface area contributed by atoms with Crippen molar-refractivity contribution in [3.05, 3.63) is 68.1 Å². The monoisotopic (exact) mass is 383 g/mol.